The van der Waals surface area contributed by atoms with Crippen molar-refractivity contribution in [1.29, 1.82) is 0 Å². The third-order valence-electron chi connectivity index (χ3n) is 4.80. The minimum Gasteiger partial charge on any atom is -0.299 e. The number of likely N-dealkylation sites (tertiary alicyclic amines) is 1. The van der Waals surface area contributed by atoms with Crippen molar-refractivity contribution in [2.75, 3.05) is 13.1 Å². The molecule has 0 bridgehead atoms. The lowest BCUT2D eigenvalue weighted by Crippen LogP contribution is -2.32. The fourth-order valence-electron chi connectivity index (χ4n) is 3.43. The summed E-state index contributed by atoms with van der Waals surface area (Å²) >= 11 is 0. The van der Waals surface area contributed by atoms with Crippen LogP contribution in [-0.4, -0.2) is 33.2 Å². The molecule has 4 nitrogen and oxygen atoms in total. The van der Waals surface area contributed by atoms with Gasteiger partial charge in [-0.1, -0.05) is 36.4 Å². The van der Waals surface area contributed by atoms with Gasteiger partial charge in [0.2, 0.25) is 0 Å². The number of hydrogen-bond donors (Lipinski definition) is 1. The number of rotatable bonds is 4. The van der Waals surface area contributed by atoms with Crippen LogP contribution >= 0.6 is 0 Å². The molecule has 1 aliphatic heterocycles. The number of piperidine rings is 1. The van der Waals surface area contributed by atoms with Crippen molar-refractivity contribution in [3.8, 4) is 11.4 Å². The molecule has 2 aromatic heterocycles. The van der Waals surface area contributed by atoms with E-state index in [1.165, 1.54) is 24.1 Å². The zero-order chi connectivity index (χ0) is 16.2. The summed E-state index contributed by atoms with van der Waals surface area (Å²) in [6.45, 7) is 3.32. The summed E-state index contributed by atoms with van der Waals surface area (Å²) in [6, 6.07) is 18.8. The number of benzene rings is 1. The molecule has 1 aromatic carbocycles. The molecule has 1 N–H and O–H groups in total. The fourth-order valence-corrected chi connectivity index (χ4v) is 3.43. The highest BCUT2D eigenvalue weighted by Gasteiger charge is 2.22. The zero-order valence-corrected chi connectivity index (χ0v) is 13.7. The Balaban J connectivity index is 1.37. The van der Waals surface area contributed by atoms with E-state index in [0.717, 1.165) is 31.0 Å². The fraction of sp³-hybridized carbons (Fsp3) is 0.300. The lowest BCUT2D eigenvalue weighted by atomic mass is 9.93. The first-order valence-corrected chi connectivity index (χ1v) is 8.61. The standard InChI is InChI=1S/C20H22N4/c1-2-6-16(7-3-1)15-24-12-9-17(10-13-24)19-14-20(23-22-19)18-8-4-5-11-21-18/h1-8,11,14,17H,9-10,12-13,15H2,(H,22,23). The van der Waals surface area contributed by atoms with Gasteiger partial charge >= 0.3 is 0 Å². The number of pyridine rings is 1. The topological polar surface area (TPSA) is 44.8 Å². The van der Waals surface area contributed by atoms with Crippen LogP contribution in [0, 0.1) is 0 Å². The molecule has 0 saturated carbocycles. The molecule has 1 fully saturated rings. The Morgan fingerprint density at radius 3 is 2.50 bits per heavy atom. The third-order valence-corrected chi connectivity index (χ3v) is 4.80. The number of nitrogens with zero attached hydrogens (tertiary/aromatic N) is 3. The SMILES string of the molecule is c1ccc(CN2CCC(c3cc(-c4ccccn4)n[nH]3)CC2)cc1. The van der Waals surface area contributed by atoms with E-state index in [1.54, 1.807) is 0 Å². The highest BCUT2D eigenvalue weighted by Crippen LogP contribution is 2.29. The van der Waals surface area contributed by atoms with Gasteiger partial charge in [-0.15, -0.1) is 0 Å². The van der Waals surface area contributed by atoms with Crippen molar-refractivity contribution in [2.24, 2.45) is 0 Å². The van der Waals surface area contributed by atoms with Gasteiger partial charge in [0.15, 0.2) is 0 Å². The van der Waals surface area contributed by atoms with Gasteiger partial charge in [-0.05, 0) is 49.7 Å². The van der Waals surface area contributed by atoms with E-state index in [2.05, 4.69) is 56.5 Å². The molecule has 1 aliphatic rings. The monoisotopic (exact) mass is 318 g/mol. The molecule has 1 saturated heterocycles. The van der Waals surface area contributed by atoms with Gasteiger partial charge in [0.1, 0.15) is 5.69 Å². The third kappa shape index (κ3) is 3.39. The highest BCUT2D eigenvalue weighted by molar-refractivity contribution is 5.53. The molecule has 0 amide bonds. The Hall–Kier alpha value is -2.46. The minimum absolute atomic E-state index is 0.571. The van der Waals surface area contributed by atoms with E-state index in [-0.39, 0.29) is 0 Å². The molecule has 4 rings (SSSR count). The maximum Gasteiger partial charge on any atom is 0.111 e. The van der Waals surface area contributed by atoms with Crippen LogP contribution in [0.4, 0.5) is 0 Å². The number of H-pyrrole nitrogens is 1. The number of hydrogen-bond acceptors (Lipinski definition) is 3. The molecule has 0 unspecified atom stereocenters. The first-order valence-electron chi connectivity index (χ1n) is 8.61. The quantitative estimate of drug-likeness (QED) is 0.794. The molecule has 3 heterocycles. The Morgan fingerprint density at radius 1 is 0.958 bits per heavy atom. The second kappa shape index (κ2) is 6.97. The van der Waals surface area contributed by atoms with Crippen LogP contribution in [0.15, 0.2) is 60.8 Å². The van der Waals surface area contributed by atoms with Gasteiger partial charge in [-0.3, -0.25) is 15.0 Å². The molecule has 0 aliphatic carbocycles. The van der Waals surface area contributed by atoms with Gasteiger partial charge in [0.05, 0.1) is 5.69 Å². The van der Waals surface area contributed by atoms with E-state index >= 15 is 0 Å². The van der Waals surface area contributed by atoms with Crippen LogP contribution in [0.3, 0.4) is 0 Å². The maximum absolute atomic E-state index is 4.45. The Kier molecular flexibility index (Phi) is 4.38. The molecule has 0 spiro atoms. The molecule has 3 aromatic rings. The molecule has 0 radical (unpaired) electrons. The maximum atomic E-state index is 4.45. The van der Waals surface area contributed by atoms with E-state index in [0.29, 0.717) is 5.92 Å². The van der Waals surface area contributed by atoms with Crippen LogP contribution in [0.2, 0.25) is 0 Å². The second-order valence-corrected chi connectivity index (χ2v) is 6.46. The lowest BCUT2D eigenvalue weighted by Gasteiger charge is -2.31. The summed E-state index contributed by atoms with van der Waals surface area (Å²) < 4.78 is 0. The zero-order valence-electron chi connectivity index (χ0n) is 13.7. The second-order valence-electron chi connectivity index (χ2n) is 6.46. The Bertz CT molecular complexity index is 759. The first kappa shape index (κ1) is 15.1. The predicted octanol–water partition coefficient (Wildman–Crippen LogP) is 3.85. The summed E-state index contributed by atoms with van der Waals surface area (Å²) in [6.07, 6.45) is 4.17. The summed E-state index contributed by atoms with van der Waals surface area (Å²) in [4.78, 5) is 6.92. The van der Waals surface area contributed by atoms with Gasteiger partial charge in [-0.25, -0.2) is 0 Å². The molecule has 24 heavy (non-hydrogen) atoms. The van der Waals surface area contributed by atoms with E-state index in [4.69, 9.17) is 0 Å². The summed E-state index contributed by atoms with van der Waals surface area (Å²) in [7, 11) is 0. The van der Waals surface area contributed by atoms with Crippen molar-refractivity contribution in [3.05, 3.63) is 72.1 Å². The van der Waals surface area contributed by atoms with Gasteiger partial charge < -0.3 is 0 Å². The van der Waals surface area contributed by atoms with Crippen molar-refractivity contribution < 1.29 is 0 Å². The van der Waals surface area contributed by atoms with Crippen molar-refractivity contribution >= 4 is 0 Å². The van der Waals surface area contributed by atoms with Crippen molar-refractivity contribution in [1.82, 2.24) is 20.1 Å². The number of aromatic amines is 1. The molecule has 122 valence electrons. The molecular weight excluding hydrogens is 296 g/mol. The van der Waals surface area contributed by atoms with Crippen LogP contribution in [0.5, 0.6) is 0 Å². The summed E-state index contributed by atoms with van der Waals surface area (Å²) in [5.74, 6) is 0.571. The predicted molar refractivity (Wildman–Crippen MR) is 95.5 cm³/mol. The minimum atomic E-state index is 0.571. The Labute approximate surface area is 142 Å². The van der Waals surface area contributed by atoms with Crippen LogP contribution in [0.1, 0.15) is 30.0 Å². The molecule has 0 atom stereocenters. The normalized spacial score (nSPS) is 16.3. The van der Waals surface area contributed by atoms with E-state index in [1.807, 2.05) is 24.4 Å². The Morgan fingerprint density at radius 2 is 1.75 bits per heavy atom. The van der Waals surface area contributed by atoms with E-state index in [9.17, 15) is 0 Å². The highest BCUT2D eigenvalue weighted by atomic mass is 15.1. The van der Waals surface area contributed by atoms with Gasteiger partial charge in [-0.2, -0.15) is 5.10 Å². The van der Waals surface area contributed by atoms with Crippen LogP contribution in [0.25, 0.3) is 11.4 Å². The average Bonchev–Trinajstić information content (AvgIpc) is 3.14. The lowest BCUT2D eigenvalue weighted by molar-refractivity contribution is 0.203. The number of nitrogens with one attached hydrogen (secondary N) is 1. The molecular formula is C20H22N4. The summed E-state index contributed by atoms with van der Waals surface area (Å²) in [5, 5.41) is 7.68. The van der Waals surface area contributed by atoms with Crippen LogP contribution in [-0.2, 0) is 6.54 Å². The average molecular weight is 318 g/mol. The largest absolute Gasteiger partial charge is 0.299 e. The van der Waals surface area contributed by atoms with Gasteiger partial charge in [0, 0.05) is 24.4 Å². The van der Waals surface area contributed by atoms with Crippen molar-refractivity contribution in [3.63, 3.8) is 0 Å². The van der Waals surface area contributed by atoms with E-state index < -0.39 is 0 Å². The molecule has 4 heteroatoms. The summed E-state index contributed by atoms with van der Waals surface area (Å²) in [5.41, 5.74) is 4.52. The van der Waals surface area contributed by atoms with Gasteiger partial charge in [0.25, 0.3) is 0 Å². The van der Waals surface area contributed by atoms with Crippen LogP contribution < -0.4 is 0 Å². The first-order chi connectivity index (χ1) is 11.9. The number of aromatic nitrogens is 3. The van der Waals surface area contributed by atoms with Crippen molar-refractivity contribution in [2.45, 2.75) is 25.3 Å². The smallest absolute Gasteiger partial charge is 0.111 e.